The number of rotatable bonds is 13. The highest BCUT2D eigenvalue weighted by Gasteiger charge is 2.47. The van der Waals surface area contributed by atoms with E-state index in [4.69, 9.17) is 9.84 Å². The molecule has 1 unspecified atom stereocenters. The van der Waals surface area contributed by atoms with Gasteiger partial charge >= 0.3 is 5.97 Å². The van der Waals surface area contributed by atoms with Crippen LogP contribution in [0.1, 0.15) is 58.3 Å². The van der Waals surface area contributed by atoms with E-state index in [1.165, 1.54) is 5.57 Å². The number of aliphatic hydroxyl groups is 1. The summed E-state index contributed by atoms with van der Waals surface area (Å²) < 4.78 is 5.12. The van der Waals surface area contributed by atoms with Gasteiger partial charge in [-0.1, -0.05) is 31.1 Å². The van der Waals surface area contributed by atoms with Gasteiger partial charge in [-0.15, -0.1) is 6.58 Å². The molecule has 2 aliphatic rings. The van der Waals surface area contributed by atoms with Crippen LogP contribution in [0.2, 0.25) is 0 Å². The van der Waals surface area contributed by atoms with Crippen LogP contribution < -0.4 is 0 Å². The lowest BCUT2D eigenvalue weighted by molar-refractivity contribution is -0.142. The van der Waals surface area contributed by atoms with E-state index in [1.807, 2.05) is 6.08 Å². The first-order chi connectivity index (χ1) is 12.9. The predicted molar refractivity (Wildman–Crippen MR) is 104 cm³/mol. The van der Waals surface area contributed by atoms with Crippen LogP contribution in [0, 0.1) is 23.7 Å². The quantitative estimate of drug-likeness (QED) is 0.376. The third-order valence-electron chi connectivity index (χ3n) is 6.04. The standard InChI is InChI=1S/C22H34O5/c1-3-4-5-6-15(2)7-8-19(23)22-18-12-16(9-10-27-14-21(25)26)11-17(18)13-20(22)24/h3,11,15,17-18,20,22,24H,1,4-10,12-14H2,2H3,(H,25,26)/t15?,17-,18-,20+,22-/m1/s1. The maximum atomic E-state index is 12.8. The van der Waals surface area contributed by atoms with Crippen LogP contribution in [-0.4, -0.2) is 41.3 Å². The zero-order chi connectivity index (χ0) is 19.8. The van der Waals surface area contributed by atoms with E-state index in [0.717, 1.165) is 32.1 Å². The van der Waals surface area contributed by atoms with Gasteiger partial charge in [-0.2, -0.15) is 0 Å². The van der Waals surface area contributed by atoms with Crippen molar-refractivity contribution < 1.29 is 24.5 Å². The number of Topliss-reactive ketones (excluding diaryl/α,β-unsaturated/α-hetero) is 1. The van der Waals surface area contributed by atoms with Gasteiger partial charge in [0.25, 0.3) is 0 Å². The summed E-state index contributed by atoms with van der Waals surface area (Å²) in [5, 5.41) is 19.0. The molecule has 152 valence electrons. The molecular weight excluding hydrogens is 344 g/mol. The van der Waals surface area contributed by atoms with Crippen LogP contribution in [0.25, 0.3) is 0 Å². The van der Waals surface area contributed by atoms with Crippen LogP contribution in [0.4, 0.5) is 0 Å². The lowest BCUT2D eigenvalue weighted by Gasteiger charge is -2.21. The molecule has 0 saturated heterocycles. The van der Waals surface area contributed by atoms with E-state index >= 15 is 0 Å². The molecule has 0 aliphatic heterocycles. The van der Waals surface area contributed by atoms with Crippen LogP contribution in [0.15, 0.2) is 24.3 Å². The minimum Gasteiger partial charge on any atom is -0.480 e. The van der Waals surface area contributed by atoms with Crippen LogP contribution in [0.3, 0.4) is 0 Å². The number of allylic oxidation sites excluding steroid dienone is 2. The predicted octanol–water partition coefficient (Wildman–Crippen LogP) is 3.76. The van der Waals surface area contributed by atoms with E-state index in [2.05, 4.69) is 19.6 Å². The molecule has 5 heteroatoms. The van der Waals surface area contributed by atoms with Gasteiger partial charge in [0.2, 0.25) is 0 Å². The average Bonchev–Trinajstić information content (AvgIpc) is 3.12. The van der Waals surface area contributed by atoms with Crippen molar-refractivity contribution in [2.75, 3.05) is 13.2 Å². The molecule has 1 saturated carbocycles. The second-order valence-corrected chi connectivity index (χ2v) is 8.21. The molecule has 1 fully saturated rings. The number of fused-ring (bicyclic) bond motifs is 1. The minimum absolute atomic E-state index is 0.207. The Labute approximate surface area is 162 Å². The molecular formula is C22H34O5. The van der Waals surface area contributed by atoms with Gasteiger partial charge in [0.05, 0.1) is 12.7 Å². The molecule has 5 nitrogen and oxygen atoms in total. The molecule has 27 heavy (non-hydrogen) atoms. The molecule has 0 aromatic carbocycles. The third-order valence-corrected chi connectivity index (χ3v) is 6.04. The van der Waals surface area contributed by atoms with Crippen LogP contribution in [-0.2, 0) is 14.3 Å². The van der Waals surface area contributed by atoms with Gasteiger partial charge in [-0.05, 0) is 56.3 Å². The summed E-state index contributed by atoms with van der Waals surface area (Å²) >= 11 is 0. The zero-order valence-corrected chi connectivity index (χ0v) is 16.4. The Bertz CT molecular complexity index is 553. The number of aliphatic hydroxyl groups excluding tert-OH is 1. The van der Waals surface area contributed by atoms with E-state index in [9.17, 15) is 14.7 Å². The van der Waals surface area contributed by atoms with Crippen molar-refractivity contribution in [2.45, 2.75) is 64.4 Å². The Kier molecular flexibility index (Phi) is 8.71. The van der Waals surface area contributed by atoms with Crippen molar-refractivity contribution >= 4 is 11.8 Å². The van der Waals surface area contributed by atoms with Crippen molar-refractivity contribution in [1.29, 1.82) is 0 Å². The molecule has 0 radical (unpaired) electrons. The fraction of sp³-hybridized carbons (Fsp3) is 0.727. The summed E-state index contributed by atoms with van der Waals surface area (Å²) in [7, 11) is 0. The number of hydrogen-bond acceptors (Lipinski definition) is 4. The largest absolute Gasteiger partial charge is 0.480 e. The highest BCUT2D eigenvalue weighted by atomic mass is 16.5. The number of carboxylic acid groups (broad SMARTS) is 1. The van der Waals surface area contributed by atoms with Gasteiger partial charge in [0.1, 0.15) is 12.4 Å². The van der Waals surface area contributed by atoms with E-state index in [-0.39, 0.29) is 30.1 Å². The van der Waals surface area contributed by atoms with E-state index in [1.54, 1.807) is 0 Å². The number of carbonyl (C=O) groups excluding carboxylic acids is 1. The second kappa shape index (κ2) is 10.8. The van der Waals surface area contributed by atoms with E-state index in [0.29, 0.717) is 31.8 Å². The second-order valence-electron chi connectivity index (χ2n) is 8.21. The summed E-state index contributed by atoms with van der Waals surface area (Å²) in [6, 6.07) is 0. The highest BCUT2D eigenvalue weighted by Crippen LogP contribution is 2.48. The van der Waals surface area contributed by atoms with Crippen molar-refractivity contribution in [1.82, 2.24) is 0 Å². The lowest BCUT2D eigenvalue weighted by Crippen LogP contribution is -2.28. The van der Waals surface area contributed by atoms with Gasteiger partial charge in [-0.3, -0.25) is 4.79 Å². The van der Waals surface area contributed by atoms with E-state index < -0.39 is 12.1 Å². The Morgan fingerprint density at radius 1 is 1.41 bits per heavy atom. The first-order valence-corrected chi connectivity index (χ1v) is 10.2. The fourth-order valence-electron chi connectivity index (χ4n) is 4.61. The SMILES string of the molecule is C=CCCCC(C)CCC(=O)[C@H]1[C@@H]2CC(CCOCC(=O)O)=C[C@@H]2C[C@@H]1O. The topological polar surface area (TPSA) is 83.8 Å². The Hall–Kier alpha value is -1.46. The maximum absolute atomic E-state index is 12.8. The maximum Gasteiger partial charge on any atom is 0.329 e. The van der Waals surface area contributed by atoms with Gasteiger partial charge < -0.3 is 14.9 Å². The Morgan fingerprint density at radius 3 is 2.89 bits per heavy atom. The monoisotopic (exact) mass is 378 g/mol. The molecule has 2 rings (SSSR count). The lowest BCUT2D eigenvalue weighted by atomic mass is 9.83. The first kappa shape index (κ1) is 21.8. The summed E-state index contributed by atoms with van der Waals surface area (Å²) in [5.41, 5.74) is 1.23. The summed E-state index contributed by atoms with van der Waals surface area (Å²) in [5.74, 6) is 0.00422. The molecule has 5 atom stereocenters. The number of unbranched alkanes of at least 4 members (excludes halogenated alkanes) is 1. The van der Waals surface area contributed by atoms with Crippen LogP contribution in [0.5, 0.6) is 0 Å². The third kappa shape index (κ3) is 6.58. The summed E-state index contributed by atoms with van der Waals surface area (Å²) in [4.78, 5) is 23.3. The number of hydrogen-bond donors (Lipinski definition) is 2. The molecule has 0 spiro atoms. The van der Waals surface area contributed by atoms with Gasteiger partial charge in [0.15, 0.2) is 0 Å². The van der Waals surface area contributed by atoms with Crippen molar-refractivity contribution in [3.63, 3.8) is 0 Å². The zero-order valence-electron chi connectivity index (χ0n) is 16.4. The van der Waals surface area contributed by atoms with Crippen LogP contribution >= 0.6 is 0 Å². The number of ketones is 1. The molecule has 0 bridgehead atoms. The van der Waals surface area contributed by atoms with Crippen molar-refractivity contribution in [3.05, 3.63) is 24.3 Å². The fourth-order valence-corrected chi connectivity index (χ4v) is 4.61. The smallest absolute Gasteiger partial charge is 0.329 e. The Morgan fingerprint density at radius 2 is 2.19 bits per heavy atom. The molecule has 2 N–H and O–H groups in total. The molecule has 0 aromatic heterocycles. The summed E-state index contributed by atoms with van der Waals surface area (Å²) in [6.45, 7) is 6.05. The molecule has 2 aliphatic carbocycles. The first-order valence-electron chi connectivity index (χ1n) is 10.2. The highest BCUT2D eigenvalue weighted by molar-refractivity contribution is 5.82. The Balaban J connectivity index is 1.77. The average molecular weight is 379 g/mol. The number of carbonyl (C=O) groups is 2. The molecule has 0 amide bonds. The molecule has 0 heterocycles. The normalized spacial score (nSPS) is 27.9. The number of ether oxygens (including phenoxy) is 1. The summed E-state index contributed by atoms with van der Waals surface area (Å²) in [6.07, 6.45) is 10.5. The molecule has 0 aromatic rings. The van der Waals surface area contributed by atoms with Crippen molar-refractivity contribution in [3.8, 4) is 0 Å². The number of aliphatic carboxylic acids is 1. The van der Waals surface area contributed by atoms with Gasteiger partial charge in [-0.25, -0.2) is 4.79 Å². The minimum atomic E-state index is -0.959. The van der Waals surface area contributed by atoms with Gasteiger partial charge in [0, 0.05) is 12.3 Å². The number of carboxylic acids is 1. The van der Waals surface area contributed by atoms with Crippen molar-refractivity contribution in [2.24, 2.45) is 23.7 Å².